The average molecular weight is 519 g/mol. The van der Waals surface area contributed by atoms with Gasteiger partial charge in [-0.25, -0.2) is 15.0 Å². The zero-order valence-corrected chi connectivity index (χ0v) is 22.7. The Morgan fingerprint density at radius 1 is 0.946 bits per heavy atom. The molecule has 0 aliphatic carbocycles. The Morgan fingerprint density at radius 2 is 1.59 bits per heavy atom. The van der Waals surface area contributed by atoms with E-state index in [-0.39, 0.29) is 11.4 Å². The monoisotopic (exact) mass is 518 g/mol. The standard InChI is InChI=1S/C29H35ClN6O/c1-21-27(22(2)33-20-32-21)28(37)34-17-13-29(3,14-18-34)35-15-11-25(12-16-35)36(24-7-5-4-6-8-24)26-10-9-23(30)19-31-26/h4-10,19-20,25H,11-18H2,1-3H3. The van der Waals surface area contributed by atoms with E-state index in [0.29, 0.717) is 16.6 Å². The summed E-state index contributed by atoms with van der Waals surface area (Å²) in [5, 5.41) is 0.648. The third-order valence-corrected chi connectivity index (χ3v) is 8.38. The van der Waals surface area contributed by atoms with Crippen LogP contribution in [0.25, 0.3) is 0 Å². The number of carbonyl (C=O) groups excluding carboxylic acids is 1. The highest BCUT2D eigenvalue weighted by atomic mass is 35.5. The third kappa shape index (κ3) is 5.34. The zero-order valence-electron chi connectivity index (χ0n) is 21.9. The topological polar surface area (TPSA) is 65.5 Å². The highest BCUT2D eigenvalue weighted by Gasteiger charge is 2.40. The van der Waals surface area contributed by atoms with E-state index in [1.165, 1.54) is 6.33 Å². The van der Waals surface area contributed by atoms with Crippen molar-refractivity contribution in [3.8, 4) is 0 Å². The number of likely N-dealkylation sites (tertiary alicyclic amines) is 2. The lowest BCUT2D eigenvalue weighted by atomic mass is 9.85. The van der Waals surface area contributed by atoms with Crippen molar-refractivity contribution < 1.29 is 4.79 Å². The minimum Gasteiger partial charge on any atom is -0.338 e. The first-order chi connectivity index (χ1) is 17.9. The molecule has 0 radical (unpaired) electrons. The van der Waals surface area contributed by atoms with Gasteiger partial charge in [0.15, 0.2) is 0 Å². The summed E-state index contributed by atoms with van der Waals surface area (Å²) in [6, 6.07) is 14.8. The van der Waals surface area contributed by atoms with Gasteiger partial charge in [-0.15, -0.1) is 0 Å². The first-order valence-corrected chi connectivity index (χ1v) is 13.5. The second kappa shape index (κ2) is 10.8. The first-order valence-electron chi connectivity index (χ1n) is 13.1. The van der Waals surface area contributed by atoms with E-state index in [1.807, 2.05) is 36.9 Å². The van der Waals surface area contributed by atoms with Crippen molar-refractivity contribution in [2.24, 2.45) is 0 Å². The number of para-hydroxylation sites is 1. The van der Waals surface area contributed by atoms with Gasteiger partial charge in [-0.05, 0) is 70.7 Å². The normalized spacial score (nSPS) is 18.5. The molecule has 1 aromatic carbocycles. The summed E-state index contributed by atoms with van der Waals surface area (Å²) in [6.07, 6.45) is 7.30. The van der Waals surface area contributed by atoms with Crippen LogP contribution in [0.1, 0.15) is 54.4 Å². The summed E-state index contributed by atoms with van der Waals surface area (Å²) < 4.78 is 0. The fourth-order valence-electron chi connectivity index (χ4n) is 5.86. The lowest BCUT2D eigenvalue weighted by molar-refractivity contribution is 0.0176. The average Bonchev–Trinajstić information content (AvgIpc) is 2.91. The maximum atomic E-state index is 13.2. The number of nitrogens with zero attached hydrogens (tertiary/aromatic N) is 6. The predicted molar refractivity (Wildman–Crippen MR) is 147 cm³/mol. The van der Waals surface area contributed by atoms with Crippen LogP contribution in [0.3, 0.4) is 0 Å². The molecule has 4 heterocycles. The number of anilines is 2. The van der Waals surface area contributed by atoms with Gasteiger partial charge in [0.2, 0.25) is 0 Å². The summed E-state index contributed by atoms with van der Waals surface area (Å²) in [6.45, 7) is 9.71. The highest BCUT2D eigenvalue weighted by molar-refractivity contribution is 6.30. The molecule has 0 spiro atoms. The Kier molecular flexibility index (Phi) is 7.45. The van der Waals surface area contributed by atoms with Gasteiger partial charge in [-0.2, -0.15) is 0 Å². The number of hydrogen-bond acceptors (Lipinski definition) is 6. The molecule has 8 heteroatoms. The van der Waals surface area contributed by atoms with Gasteiger partial charge in [0, 0.05) is 49.6 Å². The molecule has 3 aromatic rings. The number of benzene rings is 1. The van der Waals surface area contributed by atoms with Gasteiger partial charge in [-0.1, -0.05) is 29.8 Å². The quantitative estimate of drug-likeness (QED) is 0.448. The van der Waals surface area contributed by atoms with Crippen molar-refractivity contribution in [3.05, 3.63) is 77.0 Å². The van der Waals surface area contributed by atoms with Gasteiger partial charge >= 0.3 is 0 Å². The van der Waals surface area contributed by atoms with E-state index in [9.17, 15) is 4.79 Å². The van der Waals surface area contributed by atoms with Crippen LogP contribution < -0.4 is 4.90 Å². The molecule has 2 aliphatic heterocycles. The number of piperidine rings is 2. The van der Waals surface area contributed by atoms with E-state index in [2.05, 4.69) is 55.9 Å². The summed E-state index contributed by atoms with van der Waals surface area (Å²) >= 11 is 6.13. The number of carbonyl (C=O) groups is 1. The summed E-state index contributed by atoms with van der Waals surface area (Å²) in [7, 11) is 0. The second-order valence-electron chi connectivity index (χ2n) is 10.5. The molecule has 2 aromatic heterocycles. The Bertz CT molecular complexity index is 1200. The van der Waals surface area contributed by atoms with Crippen LogP contribution in [0.15, 0.2) is 55.0 Å². The number of halogens is 1. The molecule has 37 heavy (non-hydrogen) atoms. The predicted octanol–water partition coefficient (Wildman–Crippen LogP) is 5.44. The van der Waals surface area contributed by atoms with Crippen molar-refractivity contribution >= 4 is 29.0 Å². The van der Waals surface area contributed by atoms with E-state index >= 15 is 0 Å². The number of hydrogen-bond donors (Lipinski definition) is 0. The lowest BCUT2D eigenvalue weighted by Crippen LogP contribution is -2.58. The number of aromatic nitrogens is 3. The molecule has 2 fully saturated rings. The molecule has 2 aliphatic rings. The van der Waals surface area contributed by atoms with Crippen molar-refractivity contribution in [1.82, 2.24) is 24.8 Å². The van der Waals surface area contributed by atoms with E-state index in [0.717, 1.165) is 74.8 Å². The maximum Gasteiger partial charge on any atom is 0.257 e. The van der Waals surface area contributed by atoms with E-state index in [1.54, 1.807) is 6.20 Å². The SMILES string of the molecule is Cc1ncnc(C)c1C(=O)N1CCC(C)(N2CCC(N(c3ccccc3)c3ccc(Cl)cn3)CC2)CC1. The molecule has 0 saturated carbocycles. The maximum absolute atomic E-state index is 13.2. The van der Waals surface area contributed by atoms with Gasteiger partial charge in [-0.3, -0.25) is 9.69 Å². The Hall–Kier alpha value is -3.03. The molecule has 1 amide bonds. The molecule has 5 rings (SSSR count). The summed E-state index contributed by atoms with van der Waals surface area (Å²) in [4.78, 5) is 33.4. The fourth-order valence-corrected chi connectivity index (χ4v) is 5.97. The van der Waals surface area contributed by atoms with Crippen molar-refractivity contribution in [1.29, 1.82) is 0 Å². The minimum atomic E-state index is 0.0605. The van der Waals surface area contributed by atoms with Crippen LogP contribution in [-0.4, -0.2) is 68.4 Å². The van der Waals surface area contributed by atoms with Crippen molar-refractivity contribution in [2.75, 3.05) is 31.1 Å². The van der Waals surface area contributed by atoms with Crippen molar-refractivity contribution in [3.63, 3.8) is 0 Å². The highest BCUT2D eigenvalue weighted by Crippen LogP contribution is 2.36. The molecule has 7 nitrogen and oxygen atoms in total. The molecule has 0 atom stereocenters. The fraction of sp³-hybridized carbons (Fsp3) is 0.448. The van der Waals surface area contributed by atoms with Gasteiger partial charge in [0.05, 0.1) is 22.0 Å². The number of aryl methyl sites for hydroxylation is 2. The van der Waals surface area contributed by atoms with Crippen LogP contribution in [-0.2, 0) is 0 Å². The van der Waals surface area contributed by atoms with Crippen molar-refractivity contribution in [2.45, 2.75) is 58.0 Å². The van der Waals surface area contributed by atoms with Crippen LogP contribution in [0.4, 0.5) is 11.5 Å². The Balaban J connectivity index is 1.24. The van der Waals surface area contributed by atoms with E-state index < -0.39 is 0 Å². The molecule has 0 unspecified atom stereocenters. The van der Waals surface area contributed by atoms with E-state index in [4.69, 9.17) is 11.6 Å². The minimum absolute atomic E-state index is 0.0605. The zero-order chi connectivity index (χ0) is 26.0. The number of rotatable bonds is 5. The molecule has 0 N–H and O–H groups in total. The number of pyridine rings is 1. The summed E-state index contributed by atoms with van der Waals surface area (Å²) in [5.41, 5.74) is 3.42. The molecule has 194 valence electrons. The van der Waals surface area contributed by atoms with Gasteiger partial charge in [0.25, 0.3) is 5.91 Å². The summed E-state index contributed by atoms with van der Waals surface area (Å²) in [5.74, 6) is 0.993. The number of amides is 1. The van der Waals surface area contributed by atoms with Crippen LogP contribution in [0.2, 0.25) is 5.02 Å². The lowest BCUT2D eigenvalue weighted by Gasteiger charge is -2.50. The molecular formula is C29H35ClN6O. The van der Waals surface area contributed by atoms with Crippen LogP contribution >= 0.6 is 11.6 Å². The first kappa shape index (κ1) is 25.6. The molecular weight excluding hydrogens is 484 g/mol. The molecule has 0 bridgehead atoms. The largest absolute Gasteiger partial charge is 0.338 e. The second-order valence-corrected chi connectivity index (χ2v) is 10.9. The smallest absolute Gasteiger partial charge is 0.257 e. The van der Waals surface area contributed by atoms with Gasteiger partial charge in [0.1, 0.15) is 12.1 Å². The Labute approximate surface area is 224 Å². The third-order valence-electron chi connectivity index (χ3n) is 8.15. The van der Waals surface area contributed by atoms with Crippen LogP contribution in [0.5, 0.6) is 0 Å². The van der Waals surface area contributed by atoms with Gasteiger partial charge < -0.3 is 9.80 Å². The molecule has 2 saturated heterocycles. The Morgan fingerprint density at radius 3 is 2.19 bits per heavy atom. The van der Waals surface area contributed by atoms with Crippen LogP contribution in [0, 0.1) is 13.8 Å².